The predicted octanol–water partition coefficient (Wildman–Crippen LogP) is 3.33. The number of hydrogen-bond donors (Lipinski definition) is 2. The third-order valence-electron chi connectivity index (χ3n) is 4.38. The van der Waals surface area contributed by atoms with Crippen LogP contribution in [0.1, 0.15) is 28.7 Å². The number of benzene rings is 2. The van der Waals surface area contributed by atoms with Gasteiger partial charge in [0.1, 0.15) is 0 Å². The van der Waals surface area contributed by atoms with Crippen LogP contribution in [0.25, 0.3) is 5.82 Å². The molecule has 0 spiro atoms. The van der Waals surface area contributed by atoms with Crippen LogP contribution in [-0.2, 0) is 5.75 Å². The zero-order valence-corrected chi connectivity index (χ0v) is 18.3. The molecule has 3 N–H and O–H groups in total. The summed E-state index contributed by atoms with van der Waals surface area (Å²) in [5.74, 6) is -0.00284. The van der Waals surface area contributed by atoms with Crippen molar-refractivity contribution in [2.75, 3.05) is 5.73 Å². The van der Waals surface area contributed by atoms with E-state index in [2.05, 4.69) is 35.8 Å². The van der Waals surface area contributed by atoms with Crippen LogP contribution in [0.15, 0.2) is 69.2 Å². The number of rotatable bonds is 7. The molecule has 2 aromatic heterocycles. The molecule has 0 unspecified atom stereocenters. The third kappa shape index (κ3) is 4.63. The monoisotopic (exact) mass is 468 g/mol. The van der Waals surface area contributed by atoms with Crippen molar-refractivity contribution in [3.63, 3.8) is 0 Å². The molecule has 0 fully saturated rings. The molecule has 2 heterocycles. The van der Waals surface area contributed by atoms with Crippen LogP contribution in [0, 0.1) is 0 Å². The molecule has 0 saturated heterocycles. The number of halogens is 1. The number of amides is 1. The molecule has 4 aromatic rings. The number of nitrogens with one attached hydrogen (secondary N) is 1. The van der Waals surface area contributed by atoms with Crippen molar-refractivity contribution in [3.05, 3.63) is 76.6 Å². The van der Waals surface area contributed by atoms with E-state index < -0.39 is 5.91 Å². The SMILES string of the molecule is C/C(=N\NC(=O)c1nnn(-c2nonc2N)c1CSc1ccccc1)c1ccccc1Cl. The maximum Gasteiger partial charge on any atom is 0.293 e. The molecule has 0 radical (unpaired) electrons. The van der Waals surface area contributed by atoms with Crippen LogP contribution in [0.5, 0.6) is 0 Å². The molecular weight excluding hydrogens is 452 g/mol. The van der Waals surface area contributed by atoms with Gasteiger partial charge >= 0.3 is 0 Å². The van der Waals surface area contributed by atoms with Crippen LogP contribution in [0.4, 0.5) is 5.82 Å². The lowest BCUT2D eigenvalue weighted by atomic mass is 10.1. The van der Waals surface area contributed by atoms with Gasteiger partial charge in [-0.2, -0.15) is 9.78 Å². The molecule has 0 aliphatic heterocycles. The van der Waals surface area contributed by atoms with Gasteiger partial charge < -0.3 is 5.73 Å². The van der Waals surface area contributed by atoms with Crippen LogP contribution >= 0.6 is 23.4 Å². The number of carbonyl (C=O) groups excluding carboxylic acids is 1. The molecule has 1 amide bonds. The van der Waals surface area contributed by atoms with Gasteiger partial charge in [-0.15, -0.1) is 16.9 Å². The number of anilines is 1. The van der Waals surface area contributed by atoms with Gasteiger partial charge in [-0.3, -0.25) is 4.79 Å². The number of hydrazone groups is 1. The third-order valence-corrected chi connectivity index (χ3v) is 5.73. The van der Waals surface area contributed by atoms with Gasteiger partial charge in [0.2, 0.25) is 11.6 Å². The second-order valence-corrected chi connectivity index (χ2v) is 7.95. The smallest absolute Gasteiger partial charge is 0.293 e. The highest BCUT2D eigenvalue weighted by Crippen LogP contribution is 2.26. The van der Waals surface area contributed by atoms with Gasteiger partial charge in [-0.1, -0.05) is 53.2 Å². The molecule has 0 atom stereocenters. The first-order chi connectivity index (χ1) is 15.5. The lowest BCUT2D eigenvalue weighted by Crippen LogP contribution is -2.21. The maximum absolute atomic E-state index is 12.9. The number of thioether (sulfide) groups is 1. The van der Waals surface area contributed by atoms with Gasteiger partial charge in [0.05, 0.1) is 11.4 Å². The molecule has 2 aromatic carbocycles. The Labute approximate surface area is 191 Å². The summed E-state index contributed by atoms with van der Waals surface area (Å²) in [7, 11) is 0. The second kappa shape index (κ2) is 9.62. The molecule has 0 saturated carbocycles. The van der Waals surface area contributed by atoms with E-state index >= 15 is 0 Å². The van der Waals surface area contributed by atoms with Crippen LogP contribution in [0.2, 0.25) is 5.02 Å². The van der Waals surface area contributed by atoms with E-state index in [4.69, 9.17) is 17.3 Å². The molecule has 12 heteroatoms. The van der Waals surface area contributed by atoms with Crippen LogP contribution < -0.4 is 11.2 Å². The fourth-order valence-corrected chi connectivity index (χ4v) is 3.97. The normalized spacial score (nSPS) is 11.5. The number of nitrogen functional groups attached to an aromatic ring is 1. The van der Waals surface area contributed by atoms with E-state index in [9.17, 15) is 4.79 Å². The molecule has 0 bridgehead atoms. The van der Waals surface area contributed by atoms with Crippen molar-refractivity contribution >= 4 is 40.8 Å². The second-order valence-electron chi connectivity index (χ2n) is 6.49. The van der Waals surface area contributed by atoms with Crippen molar-refractivity contribution in [1.29, 1.82) is 0 Å². The Morgan fingerprint density at radius 1 is 1.19 bits per heavy atom. The highest BCUT2D eigenvalue weighted by atomic mass is 35.5. The van der Waals surface area contributed by atoms with Gasteiger partial charge in [0.25, 0.3) is 5.91 Å². The highest BCUT2D eigenvalue weighted by Gasteiger charge is 2.24. The number of hydrogen-bond acceptors (Lipinski definition) is 9. The maximum atomic E-state index is 12.9. The summed E-state index contributed by atoms with van der Waals surface area (Å²) in [5.41, 5.74) is 10.1. The standard InChI is InChI=1S/C20H17ClN8O2S/c1-12(14-9-5-6-10-15(14)21)23-25-20(30)17-16(11-32-13-7-3-2-4-8-13)29(28-24-17)19-18(22)26-31-27-19/h2-10H,11H2,1H3,(H2,22,26)(H,25,30)/b23-12+. The molecule has 162 valence electrons. The molecular formula is C20H17ClN8O2S. The average Bonchev–Trinajstić information content (AvgIpc) is 3.42. The lowest BCUT2D eigenvalue weighted by Gasteiger charge is -2.07. The fourth-order valence-electron chi connectivity index (χ4n) is 2.79. The summed E-state index contributed by atoms with van der Waals surface area (Å²) in [6.45, 7) is 1.74. The minimum Gasteiger partial charge on any atom is -0.378 e. The van der Waals surface area contributed by atoms with Crippen molar-refractivity contribution in [2.45, 2.75) is 17.6 Å². The van der Waals surface area contributed by atoms with Gasteiger partial charge in [0.15, 0.2) is 5.69 Å². The van der Waals surface area contributed by atoms with E-state index in [1.165, 1.54) is 16.4 Å². The van der Waals surface area contributed by atoms with E-state index in [1.54, 1.807) is 13.0 Å². The summed E-state index contributed by atoms with van der Waals surface area (Å²) < 4.78 is 6.01. The van der Waals surface area contributed by atoms with Gasteiger partial charge in [-0.25, -0.2) is 10.1 Å². The van der Waals surface area contributed by atoms with Crippen molar-refractivity contribution in [2.24, 2.45) is 5.10 Å². The van der Waals surface area contributed by atoms with E-state index in [0.29, 0.717) is 27.7 Å². The zero-order valence-electron chi connectivity index (χ0n) is 16.8. The first-order valence-corrected chi connectivity index (χ1v) is 10.7. The summed E-state index contributed by atoms with van der Waals surface area (Å²) in [6, 6.07) is 16.9. The number of carbonyl (C=O) groups is 1. The minimum absolute atomic E-state index is 0.0282. The molecule has 32 heavy (non-hydrogen) atoms. The number of nitrogens with two attached hydrogens (primary N) is 1. The Bertz CT molecular complexity index is 1270. The van der Waals surface area contributed by atoms with Crippen LogP contribution in [-0.4, -0.2) is 36.9 Å². The zero-order chi connectivity index (χ0) is 22.5. The predicted molar refractivity (Wildman–Crippen MR) is 121 cm³/mol. The van der Waals surface area contributed by atoms with E-state index in [0.717, 1.165) is 4.90 Å². The quantitative estimate of drug-likeness (QED) is 0.239. The Morgan fingerprint density at radius 2 is 1.94 bits per heavy atom. The minimum atomic E-state index is -0.540. The van der Waals surface area contributed by atoms with Gasteiger partial charge in [0, 0.05) is 21.2 Å². The lowest BCUT2D eigenvalue weighted by molar-refractivity contribution is 0.0949. The summed E-state index contributed by atoms with van der Waals surface area (Å²) in [4.78, 5) is 13.9. The molecule has 0 aliphatic rings. The van der Waals surface area contributed by atoms with E-state index in [-0.39, 0.29) is 17.3 Å². The largest absolute Gasteiger partial charge is 0.378 e. The van der Waals surface area contributed by atoms with Gasteiger partial charge in [-0.05, 0) is 35.4 Å². The van der Waals surface area contributed by atoms with Crippen molar-refractivity contribution in [1.82, 2.24) is 30.7 Å². The topological polar surface area (TPSA) is 137 Å². The fraction of sp³-hybridized carbons (Fsp3) is 0.100. The highest BCUT2D eigenvalue weighted by molar-refractivity contribution is 7.98. The summed E-state index contributed by atoms with van der Waals surface area (Å²) in [6.07, 6.45) is 0. The molecule has 4 rings (SSSR count). The van der Waals surface area contributed by atoms with Crippen molar-refractivity contribution < 1.29 is 9.42 Å². The Kier molecular flexibility index (Phi) is 6.47. The van der Waals surface area contributed by atoms with Crippen molar-refractivity contribution in [3.8, 4) is 5.82 Å². The Morgan fingerprint density at radius 3 is 2.66 bits per heavy atom. The summed E-state index contributed by atoms with van der Waals surface area (Å²) >= 11 is 7.69. The average molecular weight is 469 g/mol. The van der Waals surface area contributed by atoms with Crippen LogP contribution in [0.3, 0.4) is 0 Å². The Hall–Kier alpha value is -3.70. The summed E-state index contributed by atoms with van der Waals surface area (Å²) in [5, 5.41) is 20.1. The molecule has 10 nitrogen and oxygen atoms in total. The first-order valence-electron chi connectivity index (χ1n) is 9.35. The number of nitrogens with zero attached hydrogens (tertiary/aromatic N) is 6. The van der Waals surface area contributed by atoms with E-state index in [1.807, 2.05) is 48.5 Å². The first kappa shape index (κ1) is 21.5. The number of aromatic nitrogens is 5. The Balaban J connectivity index is 1.61. The molecule has 0 aliphatic carbocycles.